The van der Waals surface area contributed by atoms with Gasteiger partial charge in [-0.05, 0) is 88.1 Å². The minimum atomic E-state index is -0.933. The summed E-state index contributed by atoms with van der Waals surface area (Å²) in [6, 6.07) is 5.72. The van der Waals surface area contributed by atoms with E-state index in [9.17, 15) is 15.0 Å². The summed E-state index contributed by atoms with van der Waals surface area (Å²) in [7, 11) is 0. The Morgan fingerprint density at radius 1 is 1.20 bits per heavy atom. The van der Waals surface area contributed by atoms with E-state index in [-0.39, 0.29) is 35.8 Å². The van der Waals surface area contributed by atoms with Gasteiger partial charge in [0, 0.05) is 50.1 Å². The van der Waals surface area contributed by atoms with Gasteiger partial charge in [-0.2, -0.15) is 0 Å². The highest BCUT2D eigenvalue weighted by molar-refractivity contribution is 5.80. The van der Waals surface area contributed by atoms with Crippen molar-refractivity contribution in [3.05, 3.63) is 29.3 Å². The van der Waals surface area contributed by atoms with Crippen molar-refractivity contribution >= 4 is 5.91 Å². The van der Waals surface area contributed by atoms with Crippen molar-refractivity contribution in [1.29, 1.82) is 0 Å². The molecule has 7 nitrogen and oxygen atoms in total. The van der Waals surface area contributed by atoms with Gasteiger partial charge in [0.1, 0.15) is 5.75 Å². The molecule has 2 saturated carbocycles. The number of likely N-dealkylation sites (tertiary alicyclic amines) is 1. The minimum Gasteiger partial charge on any atom is -0.508 e. The molecule has 1 aromatic carbocycles. The van der Waals surface area contributed by atoms with Crippen LogP contribution in [0, 0.1) is 11.8 Å². The molecule has 1 amide bonds. The smallest absolute Gasteiger partial charge is 0.223 e. The lowest BCUT2D eigenvalue weighted by molar-refractivity contribution is -0.134. The van der Waals surface area contributed by atoms with Crippen molar-refractivity contribution in [3.8, 4) is 5.75 Å². The Labute approximate surface area is 208 Å². The average Bonchev–Trinajstić information content (AvgIpc) is 3.54. The highest BCUT2D eigenvalue weighted by Gasteiger charge is 2.68. The summed E-state index contributed by atoms with van der Waals surface area (Å²) < 4.78 is 5.82. The van der Waals surface area contributed by atoms with E-state index in [0.29, 0.717) is 19.4 Å². The van der Waals surface area contributed by atoms with Crippen LogP contribution in [0.15, 0.2) is 18.2 Å². The molecule has 2 saturated heterocycles. The maximum absolute atomic E-state index is 13.4. The van der Waals surface area contributed by atoms with Crippen LogP contribution in [0.2, 0.25) is 0 Å². The third-order valence-electron chi connectivity index (χ3n) is 9.60. The van der Waals surface area contributed by atoms with Crippen LogP contribution in [-0.4, -0.2) is 89.0 Å². The summed E-state index contributed by atoms with van der Waals surface area (Å²) in [5.41, 5.74) is 0.919. The molecule has 6 atom stereocenters. The molecule has 0 radical (unpaired) electrons. The number of ether oxygens (including phenoxy) is 1. The summed E-state index contributed by atoms with van der Waals surface area (Å²) in [6.45, 7) is 9.44. The Kier molecular flexibility index (Phi) is 5.91. The van der Waals surface area contributed by atoms with Crippen LogP contribution in [0.4, 0.5) is 0 Å². The van der Waals surface area contributed by atoms with Crippen molar-refractivity contribution in [1.82, 2.24) is 15.1 Å². The SMILES string of the molecule is C[C@@H]1CN(CCNC(=O)[C@@H]2C[C@]34CCN(CC5CC5)[C@H](Cc5ccc(O)cc53)[C@]4(O)C2)C[C@H](C)O1. The fraction of sp³-hybridized carbons (Fsp3) is 0.750. The molecule has 0 spiro atoms. The van der Waals surface area contributed by atoms with Gasteiger partial charge in [-0.1, -0.05) is 6.07 Å². The van der Waals surface area contributed by atoms with Crippen LogP contribution >= 0.6 is 0 Å². The fourth-order valence-electron chi connectivity index (χ4n) is 7.96. The topological polar surface area (TPSA) is 85.3 Å². The predicted molar refractivity (Wildman–Crippen MR) is 133 cm³/mol. The molecule has 1 aromatic rings. The summed E-state index contributed by atoms with van der Waals surface area (Å²) in [5.74, 6) is 0.872. The second kappa shape index (κ2) is 8.72. The molecule has 5 aliphatic rings. The highest BCUT2D eigenvalue weighted by atomic mass is 16.5. The van der Waals surface area contributed by atoms with Crippen LogP contribution in [0.1, 0.15) is 57.1 Å². The number of rotatable bonds is 6. The monoisotopic (exact) mass is 483 g/mol. The van der Waals surface area contributed by atoms with Crippen LogP contribution in [-0.2, 0) is 21.4 Å². The highest BCUT2D eigenvalue weighted by Crippen LogP contribution is 2.62. The number of morpholine rings is 1. The van der Waals surface area contributed by atoms with Gasteiger partial charge in [-0.3, -0.25) is 14.6 Å². The first-order valence-electron chi connectivity index (χ1n) is 13.7. The van der Waals surface area contributed by atoms with Gasteiger partial charge in [-0.15, -0.1) is 0 Å². The molecule has 35 heavy (non-hydrogen) atoms. The number of benzene rings is 1. The van der Waals surface area contributed by atoms with Gasteiger partial charge in [0.25, 0.3) is 0 Å². The molecule has 0 aromatic heterocycles. The Morgan fingerprint density at radius 2 is 1.97 bits per heavy atom. The number of aromatic hydroxyl groups is 1. The maximum Gasteiger partial charge on any atom is 0.223 e. The normalized spacial score (nSPS) is 39.2. The summed E-state index contributed by atoms with van der Waals surface area (Å²) in [5, 5.41) is 25.9. The molecule has 3 N–H and O–H groups in total. The standard InChI is InChI=1S/C28H41N3O4/c1-18-15-30(16-19(2)35-18)10-8-29-26(33)22-13-27-7-9-31(17-20-3-4-20)25(28(27,34)14-22)11-21-5-6-23(32)12-24(21)27/h5-6,12,18-20,22,25,32,34H,3-4,7-11,13-17H2,1-2H3,(H,29,33)/t18-,19+,22-,25-,27-,28-/m1/s1. The van der Waals surface area contributed by atoms with Gasteiger partial charge in [-0.25, -0.2) is 0 Å². The number of fused-ring (bicyclic) bond motifs is 1. The number of hydrogen-bond donors (Lipinski definition) is 3. The zero-order chi connectivity index (χ0) is 24.4. The molecule has 4 fully saturated rings. The second-order valence-electron chi connectivity index (χ2n) is 12.2. The van der Waals surface area contributed by atoms with Gasteiger partial charge in [0.15, 0.2) is 0 Å². The lowest BCUT2D eigenvalue weighted by Gasteiger charge is -2.59. The Balaban J connectivity index is 1.20. The largest absolute Gasteiger partial charge is 0.508 e. The number of phenols is 1. The molecule has 3 aliphatic carbocycles. The first-order chi connectivity index (χ1) is 16.8. The molecule has 192 valence electrons. The van der Waals surface area contributed by atoms with E-state index in [1.165, 1.54) is 18.4 Å². The number of hydrogen-bond acceptors (Lipinski definition) is 6. The van der Waals surface area contributed by atoms with Gasteiger partial charge in [0.05, 0.1) is 17.8 Å². The molecule has 6 rings (SSSR count). The quantitative estimate of drug-likeness (QED) is 0.574. The van der Waals surface area contributed by atoms with Crippen molar-refractivity contribution in [2.75, 3.05) is 39.3 Å². The molecule has 7 heteroatoms. The van der Waals surface area contributed by atoms with Crippen molar-refractivity contribution in [2.45, 2.75) is 81.6 Å². The summed E-state index contributed by atoms with van der Waals surface area (Å²) in [6.07, 6.45) is 5.83. The number of nitrogens with zero attached hydrogens (tertiary/aromatic N) is 2. The first kappa shape index (κ1) is 23.7. The lowest BCUT2D eigenvalue weighted by atomic mass is 9.56. The second-order valence-corrected chi connectivity index (χ2v) is 12.2. The van der Waals surface area contributed by atoms with E-state index in [1.54, 1.807) is 6.07 Å². The molecule has 2 bridgehead atoms. The van der Waals surface area contributed by atoms with E-state index in [2.05, 4.69) is 29.0 Å². The minimum absolute atomic E-state index is 0.0445. The van der Waals surface area contributed by atoms with Gasteiger partial charge >= 0.3 is 0 Å². The summed E-state index contributed by atoms with van der Waals surface area (Å²) >= 11 is 0. The zero-order valence-electron chi connectivity index (χ0n) is 21.2. The number of phenolic OH excluding ortho intramolecular Hbond substituents is 1. The Morgan fingerprint density at radius 3 is 2.71 bits per heavy atom. The first-order valence-corrected chi connectivity index (χ1v) is 13.7. The Hall–Kier alpha value is -1.67. The predicted octanol–water partition coefficient (Wildman–Crippen LogP) is 2.04. The zero-order valence-corrected chi connectivity index (χ0v) is 21.2. The number of nitrogens with one attached hydrogen (secondary N) is 1. The maximum atomic E-state index is 13.4. The third-order valence-corrected chi connectivity index (χ3v) is 9.60. The number of carbonyl (C=O) groups excluding carboxylic acids is 1. The van der Waals surface area contributed by atoms with E-state index < -0.39 is 11.0 Å². The molecule has 0 unspecified atom stereocenters. The van der Waals surface area contributed by atoms with Crippen molar-refractivity contribution in [3.63, 3.8) is 0 Å². The Bertz CT molecular complexity index is 973. The third kappa shape index (κ3) is 4.08. The van der Waals surface area contributed by atoms with Crippen LogP contribution in [0.3, 0.4) is 0 Å². The van der Waals surface area contributed by atoms with E-state index in [0.717, 1.165) is 57.0 Å². The molecule has 2 heterocycles. The fourth-order valence-corrected chi connectivity index (χ4v) is 7.96. The molecular weight excluding hydrogens is 442 g/mol. The van der Waals surface area contributed by atoms with Gasteiger partial charge < -0.3 is 20.3 Å². The van der Waals surface area contributed by atoms with E-state index in [1.807, 2.05) is 12.1 Å². The van der Waals surface area contributed by atoms with Crippen molar-refractivity contribution < 1.29 is 19.7 Å². The lowest BCUT2D eigenvalue weighted by Crippen LogP contribution is -2.69. The van der Waals surface area contributed by atoms with E-state index in [4.69, 9.17) is 4.74 Å². The summed E-state index contributed by atoms with van der Waals surface area (Å²) in [4.78, 5) is 18.3. The van der Waals surface area contributed by atoms with Crippen LogP contribution in [0.5, 0.6) is 5.75 Å². The van der Waals surface area contributed by atoms with E-state index >= 15 is 0 Å². The molecule has 2 aliphatic heterocycles. The molecular formula is C28H41N3O4. The number of amides is 1. The number of piperidine rings is 1. The average molecular weight is 484 g/mol. The van der Waals surface area contributed by atoms with Gasteiger partial charge in [0.2, 0.25) is 5.91 Å². The van der Waals surface area contributed by atoms with Crippen LogP contribution < -0.4 is 5.32 Å². The van der Waals surface area contributed by atoms with Crippen molar-refractivity contribution in [2.24, 2.45) is 11.8 Å². The number of aliphatic hydroxyl groups is 1. The number of carbonyl (C=O) groups is 1. The van der Waals surface area contributed by atoms with Crippen LogP contribution in [0.25, 0.3) is 0 Å².